The molecule has 0 bridgehead atoms. The van der Waals surface area contributed by atoms with Crippen molar-refractivity contribution in [1.29, 1.82) is 0 Å². The molecule has 2 aliphatic heterocycles. The highest BCUT2D eigenvalue weighted by Crippen LogP contribution is 2.38. The van der Waals surface area contributed by atoms with Crippen molar-refractivity contribution in [2.75, 3.05) is 44.4 Å². The van der Waals surface area contributed by atoms with Crippen molar-refractivity contribution >= 4 is 16.6 Å². The van der Waals surface area contributed by atoms with E-state index in [4.69, 9.17) is 14.2 Å². The first kappa shape index (κ1) is 23.7. The minimum absolute atomic E-state index is 0.181. The molecule has 0 spiro atoms. The van der Waals surface area contributed by atoms with Gasteiger partial charge in [0.2, 0.25) is 6.79 Å². The van der Waals surface area contributed by atoms with Crippen LogP contribution in [0.3, 0.4) is 0 Å². The summed E-state index contributed by atoms with van der Waals surface area (Å²) in [6, 6.07) is 19.0. The van der Waals surface area contributed by atoms with E-state index >= 15 is 0 Å². The monoisotopic (exact) mass is 501 g/mol. The summed E-state index contributed by atoms with van der Waals surface area (Å²) >= 11 is 0. The van der Waals surface area contributed by atoms with Gasteiger partial charge in [-0.25, -0.2) is 4.39 Å². The number of aromatic nitrogens is 1. The van der Waals surface area contributed by atoms with Crippen molar-refractivity contribution < 1.29 is 18.6 Å². The number of fused-ring (bicyclic) bond motifs is 2. The van der Waals surface area contributed by atoms with Crippen LogP contribution in [0.25, 0.3) is 10.9 Å². The lowest BCUT2D eigenvalue weighted by Crippen LogP contribution is -2.32. The first-order valence-corrected chi connectivity index (χ1v) is 13.0. The summed E-state index contributed by atoms with van der Waals surface area (Å²) in [4.78, 5) is 5.05. The van der Waals surface area contributed by atoms with Gasteiger partial charge in [0.05, 0.1) is 0 Å². The Morgan fingerprint density at radius 1 is 0.892 bits per heavy atom. The molecule has 0 N–H and O–H groups in total. The quantitative estimate of drug-likeness (QED) is 0.301. The maximum atomic E-state index is 13.5. The zero-order valence-corrected chi connectivity index (χ0v) is 21.2. The van der Waals surface area contributed by atoms with Crippen molar-refractivity contribution in [2.24, 2.45) is 0 Å². The Hall–Kier alpha value is -3.71. The molecule has 7 heteroatoms. The molecule has 0 radical (unpaired) electrons. The molecule has 4 aromatic rings. The molecule has 3 heterocycles. The topological polar surface area (TPSA) is 39.1 Å². The normalized spacial score (nSPS) is 15.8. The Morgan fingerprint density at radius 3 is 2.76 bits per heavy atom. The zero-order valence-electron chi connectivity index (χ0n) is 21.2. The molecule has 0 amide bonds. The minimum atomic E-state index is -0.181. The number of aryl methyl sites for hydroxylation is 1. The van der Waals surface area contributed by atoms with Crippen LogP contribution in [-0.2, 0) is 6.54 Å². The van der Waals surface area contributed by atoms with Gasteiger partial charge in [-0.05, 0) is 81.4 Å². The fraction of sp³-hybridized carbons (Fsp3) is 0.333. The van der Waals surface area contributed by atoms with E-state index < -0.39 is 0 Å². The SMILES string of the molecule is Cc1c(Oc2ccc3c(c2)OCO3)cccc1N1CCCN(CCCn2ccc3cc(F)ccc32)CC1. The van der Waals surface area contributed by atoms with E-state index in [0.29, 0.717) is 0 Å². The summed E-state index contributed by atoms with van der Waals surface area (Å²) in [7, 11) is 0. The number of hydrogen-bond donors (Lipinski definition) is 0. The molecule has 0 saturated carbocycles. The molecule has 2 aliphatic rings. The molecule has 37 heavy (non-hydrogen) atoms. The summed E-state index contributed by atoms with van der Waals surface area (Å²) in [6.07, 6.45) is 4.26. The Bertz CT molecular complexity index is 1400. The summed E-state index contributed by atoms with van der Waals surface area (Å²) in [5.41, 5.74) is 3.47. The van der Waals surface area contributed by atoms with Crippen LogP contribution in [0.15, 0.2) is 66.9 Å². The van der Waals surface area contributed by atoms with Crippen LogP contribution in [0.1, 0.15) is 18.4 Å². The average Bonchev–Trinajstić information content (AvgIpc) is 3.46. The van der Waals surface area contributed by atoms with Gasteiger partial charge < -0.3 is 28.6 Å². The molecule has 0 aliphatic carbocycles. The summed E-state index contributed by atoms with van der Waals surface area (Å²) < 4.78 is 32.9. The van der Waals surface area contributed by atoms with Gasteiger partial charge in [-0.1, -0.05) is 6.07 Å². The predicted octanol–water partition coefficient (Wildman–Crippen LogP) is 6.21. The minimum Gasteiger partial charge on any atom is -0.457 e. The van der Waals surface area contributed by atoms with Crippen molar-refractivity contribution in [2.45, 2.75) is 26.3 Å². The van der Waals surface area contributed by atoms with E-state index in [1.807, 2.05) is 36.4 Å². The highest BCUT2D eigenvalue weighted by Gasteiger charge is 2.19. The van der Waals surface area contributed by atoms with E-state index in [9.17, 15) is 4.39 Å². The van der Waals surface area contributed by atoms with Gasteiger partial charge in [-0.3, -0.25) is 0 Å². The third kappa shape index (κ3) is 5.09. The third-order valence-corrected chi connectivity index (χ3v) is 7.36. The van der Waals surface area contributed by atoms with Gasteiger partial charge in [0.1, 0.15) is 17.3 Å². The molecule has 0 atom stereocenters. The van der Waals surface area contributed by atoms with E-state index in [1.165, 1.54) is 5.69 Å². The van der Waals surface area contributed by atoms with Gasteiger partial charge >= 0.3 is 0 Å². The molecule has 6 rings (SSSR count). The van der Waals surface area contributed by atoms with Crippen molar-refractivity contribution in [1.82, 2.24) is 9.47 Å². The maximum Gasteiger partial charge on any atom is 0.231 e. The fourth-order valence-corrected chi connectivity index (χ4v) is 5.39. The van der Waals surface area contributed by atoms with E-state index in [2.05, 4.69) is 39.6 Å². The third-order valence-electron chi connectivity index (χ3n) is 7.36. The Morgan fingerprint density at radius 2 is 1.81 bits per heavy atom. The molecule has 1 aromatic heterocycles. The number of benzene rings is 3. The predicted molar refractivity (Wildman–Crippen MR) is 144 cm³/mol. The van der Waals surface area contributed by atoms with Gasteiger partial charge in [-0.15, -0.1) is 0 Å². The number of rotatable bonds is 7. The highest BCUT2D eigenvalue weighted by atomic mass is 19.1. The zero-order chi connectivity index (χ0) is 25.2. The molecular weight excluding hydrogens is 469 g/mol. The smallest absolute Gasteiger partial charge is 0.231 e. The summed E-state index contributed by atoms with van der Waals surface area (Å²) in [6.45, 7) is 8.52. The second-order valence-electron chi connectivity index (χ2n) is 9.77. The Kier molecular flexibility index (Phi) is 6.62. The molecule has 1 saturated heterocycles. The van der Waals surface area contributed by atoms with Gasteiger partial charge in [0.25, 0.3) is 0 Å². The number of halogens is 1. The number of ether oxygens (including phenoxy) is 3. The maximum absolute atomic E-state index is 13.5. The molecule has 1 fully saturated rings. The standard InChI is InChI=1S/C30H32FN3O3/c1-22-26(5-2-6-28(22)37-25-8-10-29-30(20-25)36-21-35-29)34-15-4-13-32(17-18-34)12-3-14-33-16-11-23-19-24(31)7-9-27(23)33/h2,5-11,16,19-20H,3-4,12-15,17-18,21H2,1H3. The molecule has 192 valence electrons. The second kappa shape index (κ2) is 10.3. The van der Waals surface area contributed by atoms with Crippen LogP contribution >= 0.6 is 0 Å². The molecule has 3 aromatic carbocycles. The van der Waals surface area contributed by atoms with Gasteiger partial charge in [-0.2, -0.15) is 0 Å². The largest absolute Gasteiger partial charge is 0.457 e. The van der Waals surface area contributed by atoms with Crippen LogP contribution < -0.4 is 19.1 Å². The molecular formula is C30H32FN3O3. The van der Waals surface area contributed by atoms with Crippen molar-refractivity contribution in [3.63, 3.8) is 0 Å². The highest BCUT2D eigenvalue weighted by molar-refractivity contribution is 5.80. The van der Waals surface area contributed by atoms with Crippen LogP contribution in [0.2, 0.25) is 0 Å². The van der Waals surface area contributed by atoms with Crippen LogP contribution in [-0.4, -0.2) is 49.0 Å². The van der Waals surface area contributed by atoms with E-state index in [0.717, 1.165) is 91.6 Å². The lowest BCUT2D eigenvalue weighted by atomic mass is 10.1. The van der Waals surface area contributed by atoms with Gasteiger partial charge in [0.15, 0.2) is 11.5 Å². The molecule has 6 nitrogen and oxygen atoms in total. The number of nitrogens with zero attached hydrogens (tertiary/aromatic N) is 3. The van der Waals surface area contributed by atoms with Crippen LogP contribution in [0, 0.1) is 12.7 Å². The van der Waals surface area contributed by atoms with E-state index in [-0.39, 0.29) is 12.6 Å². The second-order valence-corrected chi connectivity index (χ2v) is 9.77. The van der Waals surface area contributed by atoms with Crippen LogP contribution in [0.5, 0.6) is 23.0 Å². The Balaban J connectivity index is 1.06. The first-order valence-electron chi connectivity index (χ1n) is 13.0. The van der Waals surface area contributed by atoms with Crippen molar-refractivity contribution in [3.05, 3.63) is 78.2 Å². The fourth-order valence-electron chi connectivity index (χ4n) is 5.39. The van der Waals surface area contributed by atoms with Crippen molar-refractivity contribution in [3.8, 4) is 23.0 Å². The lowest BCUT2D eigenvalue weighted by molar-refractivity contribution is 0.174. The molecule has 0 unspecified atom stereocenters. The summed E-state index contributed by atoms with van der Waals surface area (Å²) in [5, 5.41) is 0.963. The van der Waals surface area contributed by atoms with Crippen LogP contribution in [0.4, 0.5) is 10.1 Å². The van der Waals surface area contributed by atoms with Gasteiger partial charge in [0, 0.05) is 60.6 Å². The number of anilines is 1. The first-order chi connectivity index (χ1) is 18.1. The Labute approximate surface area is 216 Å². The van der Waals surface area contributed by atoms with E-state index in [1.54, 1.807) is 12.1 Å². The average molecular weight is 502 g/mol. The summed E-state index contributed by atoms with van der Waals surface area (Å²) in [5.74, 6) is 2.89. The number of hydrogen-bond acceptors (Lipinski definition) is 5. The lowest BCUT2D eigenvalue weighted by Gasteiger charge is -2.26.